The maximum absolute atomic E-state index is 6.57. The fourth-order valence-electron chi connectivity index (χ4n) is 5.11. The van der Waals surface area contributed by atoms with Crippen molar-refractivity contribution in [3.05, 3.63) is 184 Å². The number of nitrogens with zero attached hydrogens (tertiary/aromatic N) is 4. The van der Waals surface area contributed by atoms with Crippen LogP contribution in [-0.2, 0) is 42.1 Å². The molecule has 1 aliphatic rings. The summed E-state index contributed by atoms with van der Waals surface area (Å²) in [5.41, 5.74) is 4.11. The maximum atomic E-state index is 6.57. The summed E-state index contributed by atoms with van der Waals surface area (Å²) in [6.45, 7) is 1.97. The molecule has 6 nitrogen and oxygen atoms in total. The van der Waals surface area contributed by atoms with Gasteiger partial charge in [-0.2, -0.15) is 37.0 Å². The Balaban J connectivity index is 0.000000503. The van der Waals surface area contributed by atoms with E-state index >= 15 is 0 Å². The minimum absolute atomic E-state index is 0. The molecule has 0 unspecified atom stereocenters. The van der Waals surface area contributed by atoms with E-state index in [0.29, 0.717) is 23.0 Å². The third kappa shape index (κ3) is 9.27. The smallest absolute Gasteiger partial charge is 0.669 e. The molecule has 0 radical (unpaired) electrons. The largest absolute Gasteiger partial charge is 4.00 e. The van der Waals surface area contributed by atoms with Crippen molar-refractivity contribution in [2.45, 2.75) is 0 Å². The van der Waals surface area contributed by atoms with Gasteiger partial charge in [-0.1, -0.05) is 41.5 Å². The molecular formula is C43H27N4O2Pt2-3. The van der Waals surface area contributed by atoms with Gasteiger partial charge in [0.05, 0.1) is 0 Å². The third-order valence-corrected chi connectivity index (χ3v) is 7.46. The Morgan fingerprint density at radius 1 is 0.725 bits per heavy atom. The molecule has 0 N–H and O–H groups in total. The summed E-state index contributed by atoms with van der Waals surface area (Å²) in [5.74, 6) is 2.43. The minimum Gasteiger partial charge on any atom is -0.669 e. The van der Waals surface area contributed by atoms with Crippen LogP contribution in [0.15, 0.2) is 140 Å². The van der Waals surface area contributed by atoms with E-state index < -0.39 is 0 Å². The second-order valence-electron chi connectivity index (χ2n) is 10.9. The summed E-state index contributed by atoms with van der Waals surface area (Å²) in [4.78, 5) is 8.51. The van der Waals surface area contributed by atoms with Gasteiger partial charge in [0, 0.05) is 56.5 Å². The van der Waals surface area contributed by atoms with Gasteiger partial charge in [0.2, 0.25) is 0 Å². The van der Waals surface area contributed by atoms with Crippen molar-refractivity contribution >= 4 is 16.5 Å². The molecule has 0 aliphatic carbocycles. The van der Waals surface area contributed by atoms with Gasteiger partial charge >= 0.3 is 21.1 Å². The van der Waals surface area contributed by atoms with Crippen LogP contribution in [0.25, 0.3) is 33.2 Å². The van der Waals surface area contributed by atoms with Crippen LogP contribution in [0.3, 0.4) is 0 Å². The van der Waals surface area contributed by atoms with Crippen LogP contribution in [0, 0.1) is 49.5 Å². The molecule has 1 aliphatic heterocycles. The first-order valence-electron chi connectivity index (χ1n) is 15.4. The van der Waals surface area contributed by atoms with Crippen molar-refractivity contribution in [2.24, 2.45) is 0 Å². The predicted molar refractivity (Wildman–Crippen MR) is 190 cm³/mol. The number of fused-ring (bicyclic) bond motifs is 1. The van der Waals surface area contributed by atoms with Gasteiger partial charge in [0.1, 0.15) is 0 Å². The number of anilines is 1. The molecule has 51 heavy (non-hydrogen) atoms. The van der Waals surface area contributed by atoms with Crippen LogP contribution in [0.4, 0.5) is 5.69 Å². The molecular weight excluding hydrogens is 995 g/mol. The van der Waals surface area contributed by atoms with E-state index in [2.05, 4.69) is 47.4 Å². The molecule has 0 spiro atoms. The van der Waals surface area contributed by atoms with E-state index in [9.17, 15) is 0 Å². The molecule has 8 heteroatoms. The quantitative estimate of drug-likeness (QED) is 0.118. The van der Waals surface area contributed by atoms with Crippen molar-refractivity contribution < 1.29 is 51.6 Å². The van der Waals surface area contributed by atoms with Crippen LogP contribution < -0.4 is 14.4 Å². The Labute approximate surface area is 327 Å². The molecule has 7 aromatic rings. The van der Waals surface area contributed by atoms with Gasteiger partial charge in [-0.15, -0.1) is 71.2 Å². The number of benzene rings is 5. The molecule has 254 valence electrons. The third-order valence-electron chi connectivity index (χ3n) is 7.46. The number of hydrogen-bond acceptors (Lipinski definition) is 5. The Bertz CT molecular complexity index is 2280. The molecule has 0 atom stereocenters. The number of ether oxygens (including phenoxy) is 2. The number of rotatable bonds is 7. The van der Waals surface area contributed by atoms with E-state index in [1.807, 2.05) is 139 Å². The van der Waals surface area contributed by atoms with Gasteiger partial charge in [-0.05, 0) is 31.6 Å². The summed E-state index contributed by atoms with van der Waals surface area (Å²) in [7, 11) is 1.98. The summed E-state index contributed by atoms with van der Waals surface area (Å²) in [6, 6.07) is 53.6. The van der Waals surface area contributed by atoms with Crippen molar-refractivity contribution in [1.29, 1.82) is 0 Å². The van der Waals surface area contributed by atoms with Crippen molar-refractivity contribution in [1.82, 2.24) is 14.5 Å². The standard InChI is InChI=1S/C37H23N3O2.C6H4N.2Pt/c1-39-20-21-40(26-39)31-12-7-15-34(25-31)41-32-13-5-11-30(23-32)36-24-29(18-19-38-36)28-10-4-14-33(22-28)42-37-17-6-9-27-8-2-3-16-35(27)37;1-2-7-5-3-4-6-7;;/h2-16,19-21,24,26H,1H3;3-6H;;/q-6;-1;;+4. The van der Waals surface area contributed by atoms with Crippen molar-refractivity contribution in [2.75, 3.05) is 11.9 Å². The SMILES string of the molecule is CN1C=CN(c2[c-]c(Oc3[c-]c(-c4cc(-c5[c-]c(Oc6[c-]ccc7ccccc67)ccc5)[c-]cn4)ccc3)ccc2)[CH-]1.[C-]#Cn1cccc1.[Pt+4].[Pt]. The van der Waals surface area contributed by atoms with E-state index in [1.54, 1.807) is 23.2 Å². The normalized spacial score (nSPS) is 11.5. The predicted octanol–water partition coefficient (Wildman–Crippen LogP) is 9.38. The van der Waals surface area contributed by atoms with Crippen molar-refractivity contribution in [3.8, 4) is 51.4 Å². The second kappa shape index (κ2) is 17.5. The zero-order chi connectivity index (χ0) is 33.4. The molecule has 0 saturated carbocycles. The summed E-state index contributed by atoms with van der Waals surface area (Å²) < 4.78 is 13.9. The minimum atomic E-state index is 0. The summed E-state index contributed by atoms with van der Waals surface area (Å²) >= 11 is 0. The average Bonchev–Trinajstić information content (AvgIpc) is 3.85. The van der Waals surface area contributed by atoms with Gasteiger partial charge in [-0.3, -0.25) is 11.1 Å². The first-order chi connectivity index (χ1) is 24.1. The van der Waals surface area contributed by atoms with Crippen LogP contribution in [0.2, 0.25) is 0 Å². The summed E-state index contributed by atoms with van der Waals surface area (Å²) in [5, 5.41) is 2.09. The fourth-order valence-corrected chi connectivity index (χ4v) is 5.11. The van der Waals surface area contributed by atoms with Crippen LogP contribution in [0.5, 0.6) is 23.0 Å². The Morgan fingerprint density at radius 2 is 1.43 bits per heavy atom. The molecule has 0 amide bonds. The second-order valence-corrected chi connectivity index (χ2v) is 10.9. The van der Waals surface area contributed by atoms with Gasteiger partial charge < -0.3 is 35.2 Å². The zero-order valence-electron chi connectivity index (χ0n) is 27.1. The average molecular weight is 1020 g/mol. The van der Waals surface area contributed by atoms with Gasteiger partial charge in [0.15, 0.2) is 0 Å². The number of aromatic nitrogens is 2. The summed E-state index contributed by atoms with van der Waals surface area (Å²) in [6.07, 6.45) is 15.7. The maximum Gasteiger partial charge on any atom is 4.00 e. The van der Waals surface area contributed by atoms with Crippen LogP contribution in [-0.4, -0.2) is 21.5 Å². The molecule has 0 fully saturated rings. The first kappa shape index (κ1) is 36.9. The molecule has 5 aromatic carbocycles. The van der Waals surface area contributed by atoms with E-state index in [1.165, 1.54) is 0 Å². The Kier molecular flexibility index (Phi) is 12.7. The Morgan fingerprint density at radius 3 is 2.18 bits per heavy atom. The fraction of sp³-hybridized carbons (Fsp3) is 0.0233. The van der Waals surface area contributed by atoms with Crippen LogP contribution in [0.1, 0.15) is 0 Å². The Hall–Kier alpha value is -5.33. The van der Waals surface area contributed by atoms with Crippen LogP contribution >= 0.6 is 0 Å². The molecule has 0 saturated heterocycles. The monoisotopic (exact) mass is 1020 g/mol. The first-order valence-corrected chi connectivity index (χ1v) is 15.4. The molecule has 0 bridgehead atoms. The van der Waals surface area contributed by atoms with E-state index in [4.69, 9.17) is 15.9 Å². The zero-order valence-corrected chi connectivity index (χ0v) is 31.6. The van der Waals surface area contributed by atoms with Gasteiger partial charge in [0.25, 0.3) is 0 Å². The number of pyridine rings is 1. The van der Waals surface area contributed by atoms with Crippen molar-refractivity contribution in [3.63, 3.8) is 0 Å². The topological polar surface area (TPSA) is 42.8 Å². The molecule has 2 aromatic heterocycles. The number of hydrogen-bond donors (Lipinski definition) is 0. The van der Waals surface area contributed by atoms with E-state index in [0.717, 1.165) is 38.8 Å². The molecule has 8 rings (SSSR count). The van der Waals surface area contributed by atoms with Gasteiger partial charge in [-0.25, -0.2) is 24.2 Å². The molecule has 3 heterocycles. The van der Waals surface area contributed by atoms with E-state index in [-0.39, 0.29) is 42.1 Å².